The highest BCUT2D eigenvalue weighted by atomic mass is 16.4. The summed E-state index contributed by atoms with van der Waals surface area (Å²) in [6.07, 6.45) is 7.52. The highest BCUT2D eigenvalue weighted by Gasteiger charge is 2.14. The van der Waals surface area contributed by atoms with Crippen LogP contribution in [0, 0.1) is 0 Å². The van der Waals surface area contributed by atoms with Gasteiger partial charge in [0.05, 0.1) is 0 Å². The number of aliphatic carboxylic acids is 2. The van der Waals surface area contributed by atoms with E-state index in [9.17, 15) is 4.79 Å². The van der Waals surface area contributed by atoms with E-state index < -0.39 is 11.9 Å². The topological polar surface area (TPSA) is 94.9 Å². The molecule has 2 N–H and O–H groups in total. The molecule has 0 saturated carbocycles. The Morgan fingerprint density at radius 3 is 2.40 bits per heavy atom. The molecule has 1 aliphatic rings. The van der Waals surface area contributed by atoms with E-state index in [2.05, 4.69) is 24.6 Å². The normalized spacial score (nSPS) is 14.6. The fourth-order valence-electron chi connectivity index (χ4n) is 1.66. The highest BCUT2D eigenvalue weighted by Crippen LogP contribution is 2.12. The molecule has 0 aliphatic carbocycles. The zero-order valence-electron chi connectivity index (χ0n) is 11.7. The minimum atomic E-state index is -1.82. The lowest BCUT2D eigenvalue weighted by Crippen LogP contribution is -2.28. The van der Waals surface area contributed by atoms with Gasteiger partial charge in [-0.1, -0.05) is 12.2 Å². The fourth-order valence-corrected chi connectivity index (χ4v) is 1.66. The minimum absolute atomic E-state index is 0.318. The van der Waals surface area contributed by atoms with Gasteiger partial charge in [-0.15, -0.1) is 6.58 Å². The van der Waals surface area contributed by atoms with Crippen LogP contribution in [-0.4, -0.2) is 53.0 Å². The van der Waals surface area contributed by atoms with E-state index in [0.29, 0.717) is 12.2 Å². The Balaban J connectivity index is 0.000000511. The van der Waals surface area contributed by atoms with Crippen molar-refractivity contribution >= 4 is 17.7 Å². The molecule has 0 spiro atoms. The van der Waals surface area contributed by atoms with Gasteiger partial charge in [0.2, 0.25) is 0 Å². The van der Waals surface area contributed by atoms with Gasteiger partial charge >= 0.3 is 11.9 Å². The number of rotatable bonds is 5. The number of unbranched alkanes of at least 4 members (excludes halogenated alkanes) is 1. The summed E-state index contributed by atoms with van der Waals surface area (Å²) in [5.74, 6) is -3.33. The van der Waals surface area contributed by atoms with E-state index in [-0.39, 0.29) is 0 Å². The van der Waals surface area contributed by atoms with Crippen LogP contribution in [0.2, 0.25) is 0 Å². The Labute approximate surface area is 118 Å². The van der Waals surface area contributed by atoms with Gasteiger partial charge in [0, 0.05) is 25.1 Å². The summed E-state index contributed by atoms with van der Waals surface area (Å²) in [5.41, 5.74) is 1.00. The third-order valence-corrected chi connectivity index (χ3v) is 2.70. The molecule has 0 radical (unpaired) electrons. The van der Waals surface area contributed by atoms with Crippen LogP contribution in [0.5, 0.6) is 0 Å². The average Bonchev–Trinajstić information content (AvgIpc) is 2.39. The first kappa shape index (κ1) is 18.0. The number of hydrogen-bond acceptors (Lipinski definition) is 4. The van der Waals surface area contributed by atoms with Crippen molar-refractivity contribution in [3.05, 3.63) is 24.3 Å². The molecule has 20 heavy (non-hydrogen) atoms. The zero-order valence-corrected chi connectivity index (χ0v) is 11.7. The number of carbonyl (C=O) groups is 3. The first-order chi connectivity index (χ1) is 9.38. The lowest BCUT2D eigenvalue weighted by Gasteiger charge is -2.21. The predicted molar refractivity (Wildman–Crippen MR) is 74.5 cm³/mol. The van der Waals surface area contributed by atoms with E-state index in [4.69, 9.17) is 19.8 Å². The molecule has 0 saturated heterocycles. The molecule has 0 amide bonds. The largest absolute Gasteiger partial charge is 0.473 e. The highest BCUT2D eigenvalue weighted by molar-refractivity contribution is 6.27. The molecule has 0 bridgehead atoms. The summed E-state index contributed by atoms with van der Waals surface area (Å²) >= 11 is 0. The fraction of sp³-hybridized carbons (Fsp3) is 0.500. The van der Waals surface area contributed by atoms with Crippen molar-refractivity contribution in [3.63, 3.8) is 0 Å². The van der Waals surface area contributed by atoms with E-state index in [1.807, 2.05) is 6.08 Å². The molecule has 0 aromatic heterocycles. The van der Waals surface area contributed by atoms with Gasteiger partial charge < -0.3 is 15.1 Å². The first-order valence-corrected chi connectivity index (χ1v) is 6.36. The Morgan fingerprint density at radius 1 is 1.35 bits per heavy atom. The van der Waals surface area contributed by atoms with E-state index in [0.717, 1.165) is 37.9 Å². The number of carbonyl (C=O) groups excluding carboxylic acids is 1. The smallest absolute Gasteiger partial charge is 0.414 e. The monoisotopic (exact) mass is 283 g/mol. The number of carboxylic acid groups (broad SMARTS) is 2. The van der Waals surface area contributed by atoms with Gasteiger partial charge in [0.15, 0.2) is 5.78 Å². The number of carboxylic acids is 2. The van der Waals surface area contributed by atoms with Crippen LogP contribution >= 0.6 is 0 Å². The second-order valence-corrected chi connectivity index (χ2v) is 4.47. The van der Waals surface area contributed by atoms with Crippen molar-refractivity contribution in [1.29, 1.82) is 0 Å². The Kier molecular flexibility index (Phi) is 8.95. The third-order valence-electron chi connectivity index (χ3n) is 2.70. The van der Waals surface area contributed by atoms with Crippen molar-refractivity contribution in [1.82, 2.24) is 4.90 Å². The van der Waals surface area contributed by atoms with Gasteiger partial charge in [-0.2, -0.15) is 0 Å². The van der Waals surface area contributed by atoms with Crippen LogP contribution in [0.3, 0.4) is 0 Å². The zero-order chi connectivity index (χ0) is 15.5. The number of hydrogen-bond donors (Lipinski definition) is 2. The van der Waals surface area contributed by atoms with Crippen molar-refractivity contribution in [2.24, 2.45) is 0 Å². The van der Waals surface area contributed by atoms with Crippen LogP contribution in [-0.2, 0) is 14.4 Å². The summed E-state index contributed by atoms with van der Waals surface area (Å²) in [6.45, 7) is 5.55. The Morgan fingerprint density at radius 2 is 1.95 bits per heavy atom. The van der Waals surface area contributed by atoms with Crippen LogP contribution in [0.4, 0.5) is 0 Å². The maximum Gasteiger partial charge on any atom is 0.414 e. The van der Waals surface area contributed by atoms with Crippen LogP contribution in [0.25, 0.3) is 0 Å². The lowest BCUT2D eigenvalue weighted by atomic mass is 10.0. The van der Waals surface area contributed by atoms with Crippen LogP contribution < -0.4 is 0 Å². The number of Topliss-reactive ketones (excluding diaryl/α,β-unsaturated/α-hetero) is 1. The summed E-state index contributed by atoms with van der Waals surface area (Å²) in [4.78, 5) is 32.1. The summed E-state index contributed by atoms with van der Waals surface area (Å²) in [6, 6.07) is 0. The molecule has 0 aromatic rings. The van der Waals surface area contributed by atoms with Crippen molar-refractivity contribution in [3.8, 4) is 0 Å². The van der Waals surface area contributed by atoms with Crippen molar-refractivity contribution in [2.75, 3.05) is 20.1 Å². The molecular formula is C14H21NO5. The standard InChI is InChI=1S/C12H19NO.C2H2O4/c1-3-4-5-8-12(14)11-7-6-9-13(2)10-11;3-1(4)2(5)6/h3,7H,1,4-6,8-10H2,2H3;(H,3,4)(H,5,6). The third kappa shape index (κ3) is 8.20. The van der Waals surface area contributed by atoms with Gasteiger partial charge in [-0.05, 0) is 26.3 Å². The quantitative estimate of drug-likeness (QED) is 0.449. The Hall–Kier alpha value is -1.95. The van der Waals surface area contributed by atoms with E-state index in [1.54, 1.807) is 0 Å². The number of likely N-dealkylation sites (N-methyl/N-ethyl adjacent to an activating group) is 1. The molecule has 1 aliphatic heterocycles. The molecule has 0 aromatic carbocycles. The molecule has 1 rings (SSSR count). The molecular weight excluding hydrogens is 262 g/mol. The van der Waals surface area contributed by atoms with Crippen molar-refractivity contribution < 1.29 is 24.6 Å². The maximum atomic E-state index is 11.7. The van der Waals surface area contributed by atoms with Gasteiger partial charge in [-0.3, -0.25) is 4.79 Å². The number of ketones is 1. The van der Waals surface area contributed by atoms with Gasteiger partial charge in [0.1, 0.15) is 0 Å². The van der Waals surface area contributed by atoms with Crippen LogP contribution in [0.15, 0.2) is 24.3 Å². The molecule has 0 atom stereocenters. The summed E-state index contributed by atoms with van der Waals surface area (Å²) < 4.78 is 0. The van der Waals surface area contributed by atoms with Crippen molar-refractivity contribution in [2.45, 2.75) is 25.7 Å². The summed E-state index contributed by atoms with van der Waals surface area (Å²) in [7, 11) is 2.06. The van der Waals surface area contributed by atoms with Gasteiger partial charge in [-0.25, -0.2) is 9.59 Å². The molecule has 6 heteroatoms. The minimum Gasteiger partial charge on any atom is -0.473 e. The summed E-state index contributed by atoms with van der Waals surface area (Å²) in [5, 5.41) is 14.8. The number of allylic oxidation sites excluding steroid dienone is 1. The first-order valence-electron chi connectivity index (χ1n) is 6.36. The second kappa shape index (κ2) is 9.91. The Bertz CT molecular complexity index is 388. The molecule has 0 fully saturated rings. The van der Waals surface area contributed by atoms with Crippen LogP contribution in [0.1, 0.15) is 25.7 Å². The maximum absolute atomic E-state index is 11.7. The second-order valence-electron chi connectivity index (χ2n) is 4.47. The predicted octanol–water partition coefficient (Wildman–Crippen LogP) is 1.33. The molecule has 1 heterocycles. The molecule has 0 unspecified atom stereocenters. The molecule has 6 nitrogen and oxygen atoms in total. The van der Waals surface area contributed by atoms with E-state index in [1.165, 1.54) is 0 Å². The lowest BCUT2D eigenvalue weighted by molar-refractivity contribution is -0.159. The van der Waals surface area contributed by atoms with Gasteiger partial charge in [0.25, 0.3) is 0 Å². The molecule has 112 valence electrons. The number of nitrogens with zero attached hydrogens (tertiary/aromatic N) is 1. The van der Waals surface area contributed by atoms with E-state index >= 15 is 0 Å². The average molecular weight is 283 g/mol. The SMILES string of the molecule is C=CCCCC(=O)C1=CCCN(C)C1.O=C(O)C(=O)O.